The van der Waals surface area contributed by atoms with E-state index in [0.29, 0.717) is 13.0 Å². The average Bonchev–Trinajstić information content (AvgIpc) is 3.13. The number of benzene rings is 4. The van der Waals surface area contributed by atoms with Gasteiger partial charge in [0.2, 0.25) is 0 Å². The molecule has 0 radical (unpaired) electrons. The molecule has 0 spiro atoms. The summed E-state index contributed by atoms with van der Waals surface area (Å²) in [6.45, 7) is 5.02. The van der Waals surface area contributed by atoms with E-state index in [1.807, 2.05) is 72.8 Å². The summed E-state index contributed by atoms with van der Waals surface area (Å²) in [7, 11) is 2.13. The molecule has 4 aromatic carbocycles. The molecule has 0 aromatic heterocycles. The van der Waals surface area contributed by atoms with Crippen molar-refractivity contribution in [3.63, 3.8) is 0 Å². The van der Waals surface area contributed by atoms with Crippen molar-refractivity contribution < 1.29 is 28.9 Å². The zero-order valence-electron chi connectivity index (χ0n) is 27.8. The lowest BCUT2D eigenvalue weighted by Crippen LogP contribution is -2.38. The lowest BCUT2D eigenvalue weighted by molar-refractivity contribution is -0.253. The Hall–Kier alpha value is -4.54. The van der Waals surface area contributed by atoms with Crippen LogP contribution >= 0.6 is 0 Å². The molecule has 0 bridgehead atoms. The summed E-state index contributed by atoms with van der Waals surface area (Å²) in [5.74, 6) is -0.480. The monoisotopic (exact) mass is 651 g/mol. The van der Waals surface area contributed by atoms with E-state index in [0.717, 1.165) is 39.9 Å². The molecule has 1 aliphatic rings. The molecule has 48 heavy (non-hydrogen) atoms. The maximum Gasteiger partial charge on any atom is 0.325 e. The molecular formula is C39H45N3O6. The Morgan fingerprint density at radius 2 is 1.60 bits per heavy atom. The van der Waals surface area contributed by atoms with Gasteiger partial charge in [0.15, 0.2) is 6.29 Å². The first-order valence-electron chi connectivity index (χ1n) is 16.4. The molecule has 0 saturated carbocycles. The zero-order valence-corrected chi connectivity index (χ0v) is 27.8. The zero-order chi connectivity index (χ0) is 33.9. The highest BCUT2D eigenvalue weighted by Crippen LogP contribution is 2.39. The highest BCUT2D eigenvalue weighted by atomic mass is 16.7. The summed E-state index contributed by atoms with van der Waals surface area (Å²) in [6, 6.07) is 34.3. The van der Waals surface area contributed by atoms with Gasteiger partial charge in [-0.15, -0.1) is 0 Å². The number of hydrogen-bond donors (Lipinski definition) is 3. The van der Waals surface area contributed by atoms with Gasteiger partial charge in [0.05, 0.1) is 25.4 Å². The number of rotatable bonds is 13. The van der Waals surface area contributed by atoms with E-state index in [9.17, 15) is 14.7 Å². The van der Waals surface area contributed by atoms with Crippen molar-refractivity contribution in [1.29, 1.82) is 0 Å². The minimum atomic E-state index is -0.584. The first-order valence-corrected chi connectivity index (χ1v) is 16.4. The first kappa shape index (κ1) is 34.8. The number of hydrogen-bond acceptors (Lipinski definition) is 7. The first-order chi connectivity index (χ1) is 23.3. The largest absolute Gasteiger partial charge is 0.465 e. The van der Waals surface area contributed by atoms with E-state index in [-0.39, 0.29) is 38.0 Å². The average molecular weight is 652 g/mol. The molecule has 4 aromatic rings. The van der Waals surface area contributed by atoms with E-state index in [2.05, 4.69) is 59.8 Å². The number of amides is 2. The lowest BCUT2D eigenvalue weighted by Gasteiger charge is -2.39. The minimum absolute atomic E-state index is 0.00489. The van der Waals surface area contributed by atoms with E-state index in [4.69, 9.17) is 14.2 Å². The summed E-state index contributed by atoms with van der Waals surface area (Å²) in [5, 5.41) is 14.9. The molecule has 3 N–H and O–H groups in total. The molecule has 0 aliphatic carbocycles. The number of likely N-dealkylation sites (N-methyl/N-ethyl adjacent to an activating group) is 1. The van der Waals surface area contributed by atoms with Crippen LogP contribution in [0, 0.1) is 0 Å². The van der Waals surface area contributed by atoms with Gasteiger partial charge < -0.3 is 30.0 Å². The van der Waals surface area contributed by atoms with Gasteiger partial charge in [-0.1, -0.05) is 91.0 Å². The van der Waals surface area contributed by atoms with Crippen molar-refractivity contribution in [3.8, 4) is 11.1 Å². The van der Waals surface area contributed by atoms with Gasteiger partial charge in [0, 0.05) is 31.1 Å². The maximum absolute atomic E-state index is 12.2. The van der Waals surface area contributed by atoms with Crippen LogP contribution in [0.4, 0.5) is 4.79 Å². The van der Waals surface area contributed by atoms with Gasteiger partial charge in [-0.25, -0.2) is 4.79 Å². The molecule has 9 nitrogen and oxygen atoms in total. The van der Waals surface area contributed by atoms with Crippen LogP contribution in [-0.2, 0) is 32.2 Å². The Balaban J connectivity index is 1.31. The molecule has 1 aliphatic heterocycles. The Morgan fingerprint density at radius 1 is 0.875 bits per heavy atom. The molecule has 1 saturated heterocycles. The van der Waals surface area contributed by atoms with Crippen LogP contribution in [0.5, 0.6) is 0 Å². The van der Waals surface area contributed by atoms with E-state index in [1.54, 1.807) is 6.92 Å². The second-order valence-electron chi connectivity index (χ2n) is 12.0. The Kier molecular flexibility index (Phi) is 12.3. The van der Waals surface area contributed by atoms with Crippen molar-refractivity contribution in [2.24, 2.45) is 0 Å². The molecule has 1 fully saturated rings. The van der Waals surface area contributed by atoms with Crippen LogP contribution in [0.2, 0.25) is 0 Å². The third kappa shape index (κ3) is 9.51. The molecule has 1 heterocycles. The topological polar surface area (TPSA) is 109 Å². The third-order valence-electron chi connectivity index (χ3n) is 8.62. The number of ether oxygens (including phenoxy) is 3. The van der Waals surface area contributed by atoms with Crippen LogP contribution in [0.15, 0.2) is 103 Å². The van der Waals surface area contributed by atoms with Gasteiger partial charge in [0.25, 0.3) is 0 Å². The minimum Gasteiger partial charge on any atom is -0.465 e. The second-order valence-corrected chi connectivity index (χ2v) is 12.0. The number of esters is 1. The van der Waals surface area contributed by atoms with Crippen LogP contribution in [0.3, 0.4) is 0 Å². The SMILES string of the molecule is CCOC(=O)CNC(=O)NCc1cccc(-c2cccc([C@@H]3O[C@H](CN(C)[C@@H](C)c4ccccc4)C[C@H](c4ccc(CO)cc4)O3)c2)c1. The van der Waals surface area contributed by atoms with Crippen LogP contribution < -0.4 is 10.6 Å². The Bertz CT molecular complexity index is 1630. The molecular weight excluding hydrogens is 606 g/mol. The molecule has 0 unspecified atom stereocenters. The highest BCUT2D eigenvalue weighted by molar-refractivity contribution is 5.80. The number of nitrogens with zero attached hydrogens (tertiary/aromatic N) is 1. The van der Waals surface area contributed by atoms with Crippen molar-refractivity contribution in [2.45, 2.75) is 58.0 Å². The molecule has 5 rings (SSSR count). The van der Waals surface area contributed by atoms with E-state index >= 15 is 0 Å². The number of aliphatic hydroxyl groups is 1. The van der Waals surface area contributed by atoms with Crippen LogP contribution in [-0.4, -0.2) is 54.9 Å². The lowest BCUT2D eigenvalue weighted by atomic mass is 9.98. The fourth-order valence-corrected chi connectivity index (χ4v) is 5.83. The summed E-state index contributed by atoms with van der Waals surface area (Å²) >= 11 is 0. The highest BCUT2D eigenvalue weighted by Gasteiger charge is 2.33. The van der Waals surface area contributed by atoms with Gasteiger partial charge >= 0.3 is 12.0 Å². The fraction of sp³-hybridized carbons (Fsp3) is 0.333. The van der Waals surface area contributed by atoms with Crippen LogP contribution in [0.1, 0.15) is 66.5 Å². The predicted molar refractivity (Wildman–Crippen MR) is 185 cm³/mol. The Labute approximate surface area is 282 Å². The number of aliphatic hydroxyl groups excluding tert-OH is 1. The maximum atomic E-state index is 12.2. The molecule has 252 valence electrons. The third-order valence-corrected chi connectivity index (χ3v) is 8.62. The van der Waals surface area contributed by atoms with E-state index in [1.165, 1.54) is 5.56 Å². The standard InChI is InChI=1S/C39H45N3O6/c1-4-46-37(44)24-41-39(45)40-23-29-10-8-13-32(20-29)33-14-9-15-34(21-33)38-47-35(25-42(3)27(2)30-11-6-5-7-12-30)22-36(48-38)31-18-16-28(26-43)17-19-31/h5-21,27,35-36,38,43H,4,22-26H2,1-3H3,(H2,40,41,45)/t27-,35-,36+,38+/m0/s1. The smallest absolute Gasteiger partial charge is 0.325 e. The predicted octanol–water partition coefficient (Wildman–Crippen LogP) is 6.45. The summed E-state index contributed by atoms with van der Waals surface area (Å²) in [6.07, 6.45) is -0.159. The quantitative estimate of drug-likeness (QED) is 0.143. The van der Waals surface area contributed by atoms with Crippen molar-refractivity contribution in [2.75, 3.05) is 26.7 Å². The number of carbonyl (C=O) groups is 2. The molecule has 9 heteroatoms. The van der Waals surface area contributed by atoms with Crippen molar-refractivity contribution in [3.05, 3.63) is 131 Å². The van der Waals surface area contributed by atoms with Crippen molar-refractivity contribution >= 4 is 12.0 Å². The summed E-state index contributed by atoms with van der Waals surface area (Å²) in [4.78, 5) is 26.0. The summed E-state index contributed by atoms with van der Waals surface area (Å²) in [5.41, 5.74) is 6.97. The summed E-state index contributed by atoms with van der Waals surface area (Å²) < 4.78 is 18.2. The number of nitrogens with one attached hydrogen (secondary N) is 2. The van der Waals surface area contributed by atoms with Crippen molar-refractivity contribution in [1.82, 2.24) is 15.5 Å². The number of urea groups is 1. The van der Waals surface area contributed by atoms with Gasteiger partial charge in [0.1, 0.15) is 6.54 Å². The van der Waals surface area contributed by atoms with Crippen LogP contribution in [0.25, 0.3) is 11.1 Å². The number of carbonyl (C=O) groups excluding carboxylic acids is 2. The van der Waals surface area contributed by atoms with E-state index < -0.39 is 18.3 Å². The molecule has 4 atom stereocenters. The Morgan fingerprint density at radius 3 is 2.33 bits per heavy atom. The van der Waals surface area contributed by atoms with Gasteiger partial charge in [-0.2, -0.15) is 0 Å². The van der Waals surface area contributed by atoms with Gasteiger partial charge in [-0.05, 0) is 66.4 Å². The van der Waals surface area contributed by atoms with Gasteiger partial charge in [-0.3, -0.25) is 9.69 Å². The fourth-order valence-electron chi connectivity index (χ4n) is 5.83. The normalized spacial score (nSPS) is 18.2. The second kappa shape index (κ2) is 17.0. The molecule has 2 amide bonds.